The number of amides is 1. The highest BCUT2D eigenvalue weighted by Crippen LogP contribution is 2.48. The van der Waals surface area contributed by atoms with Crippen LogP contribution >= 0.6 is 8.53 Å². The molecule has 0 bridgehead atoms. The molecule has 2 unspecified atom stereocenters. The quantitative estimate of drug-likeness (QED) is 0.0458. The Morgan fingerprint density at radius 1 is 0.912 bits per heavy atom. The number of rotatable bonds is 20. The van der Waals surface area contributed by atoms with Gasteiger partial charge in [-0.1, -0.05) is 68.4 Å². The monoisotopic (exact) mass is 797 g/mol. The number of carbonyl (C=O) groups excluding carboxylic acids is 1. The molecule has 0 radical (unpaired) electrons. The number of hydrogen-bond donors (Lipinski definition) is 2. The molecule has 5 rings (SSSR count). The number of nitriles is 1. The summed E-state index contributed by atoms with van der Waals surface area (Å²) in [7, 11) is 1.51. The number of aromatic amines is 1. The number of fused-ring (bicyclic) bond motifs is 1. The lowest BCUT2D eigenvalue weighted by atomic mass is 9.80. The molecule has 5 aromatic rings. The van der Waals surface area contributed by atoms with Crippen molar-refractivity contribution >= 4 is 31.5 Å². The molecular formula is C42H52N7O7P. The third kappa shape index (κ3) is 10.2. The van der Waals surface area contributed by atoms with E-state index in [2.05, 4.69) is 58.7 Å². The zero-order chi connectivity index (χ0) is 41.1. The van der Waals surface area contributed by atoms with Crippen molar-refractivity contribution in [1.82, 2.24) is 24.2 Å². The second-order valence-electron chi connectivity index (χ2n) is 14.2. The van der Waals surface area contributed by atoms with Crippen LogP contribution in [0.25, 0.3) is 11.2 Å². The first-order valence-corrected chi connectivity index (χ1v) is 20.0. The van der Waals surface area contributed by atoms with Crippen molar-refractivity contribution in [2.75, 3.05) is 32.8 Å². The van der Waals surface area contributed by atoms with E-state index in [0.29, 0.717) is 11.5 Å². The standard InChI is InChI=1S/C42H52N7O7P/c1-28(2)39(50)46-41-45-38-37(40(51)47-41)44-27-48(38)25-36(56-57(55-24-12-23-43)49(29(3)4)30(5)6)26-54-42(31-13-10-9-11-14-31,32-15-19-34(52-7)20-16-32)33-17-21-35(53-8)22-18-33/h9-11,13-22,27-30,36H,12,24-26H2,1-8H3,(H2,45,46,47,50,51). The van der Waals surface area contributed by atoms with Crippen molar-refractivity contribution in [2.24, 2.45) is 5.92 Å². The van der Waals surface area contributed by atoms with Crippen LogP contribution in [-0.2, 0) is 30.7 Å². The van der Waals surface area contributed by atoms with Crippen LogP contribution in [0.5, 0.6) is 11.5 Å². The maximum atomic E-state index is 13.2. The molecule has 1 amide bonds. The highest BCUT2D eigenvalue weighted by molar-refractivity contribution is 7.44. The van der Waals surface area contributed by atoms with E-state index in [1.165, 1.54) is 6.33 Å². The second-order valence-corrected chi connectivity index (χ2v) is 15.6. The number of carbonyl (C=O) groups is 1. The molecule has 15 heteroatoms. The summed E-state index contributed by atoms with van der Waals surface area (Å²) in [5.74, 6) is 0.763. The molecule has 2 heterocycles. The van der Waals surface area contributed by atoms with Crippen molar-refractivity contribution in [3.8, 4) is 17.6 Å². The number of methoxy groups -OCH3 is 2. The molecular weight excluding hydrogens is 745 g/mol. The van der Waals surface area contributed by atoms with Gasteiger partial charge >= 0.3 is 0 Å². The fraction of sp³-hybridized carbons (Fsp3) is 0.405. The molecule has 2 aromatic heterocycles. The van der Waals surface area contributed by atoms with Gasteiger partial charge in [0.1, 0.15) is 23.2 Å². The highest BCUT2D eigenvalue weighted by Gasteiger charge is 2.40. The number of benzene rings is 3. The highest BCUT2D eigenvalue weighted by atomic mass is 31.2. The first-order chi connectivity index (χ1) is 27.4. The van der Waals surface area contributed by atoms with Crippen molar-refractivity contribution < 1.29 is 28.1 Å². The van der Waals surface area contributed by atoms with Crippen LogP contribution < -0.4 is 20.3 Å². The SMILES string of the molecule is COc1ccc(C(OCC(Cn2cnc3c(=O)[nH]c(NC(=O)C(C)C)nc32)OP(OCCC#N)N(C(C)C)C(C)C)(c2ccccc2)c2ccc(OC)cc2)cc1. The lowest BCUT2D eigenvalue weighted by Crippen LogP contribution is -2.39. The summed E-state index contributed by atoms with van der Waals surface area (Å²) in [4.78, 5) is 37.4. The molecule has 302 valence electrons. The van der Waals surface area contributed by atoms with Crippen LogP contribution in [0, 0.1) is 17.2 Å². The van der Waals surface area contributed by atoms with E-state index in [1.807, 2.05) is 78.9 Å². The zero-order valence-corrected chi connectivity index (χ0v) is 34.7. The fourth-order valence-corrected chi connectivity index (χ4v) is 8.14. The molecule has 0 saturated heterocycles. The van der Waals surface area contributed by atoms with Gasteiger partial charge in [0.05, 0.1) is 52.8 Å². The van der Waals surface area contributed by atoms with Crippen LogP contribution in [0.2, 0.25) is 0 Å². The third-order valence-corrected chi connectivity index (χ3v) is 11.4. The molecule has 0 aliphatic carbocycles. The Morgan fingerprint density at radius 2 is 1.49 bits per heavy atom. The fourth-order valence-electron chi connectivity index (χ4n) is 6.46. The maximum absolute atomic E-state index is 13.2. The Bertz CT molecular complexity index is 2090. The van der Waals surface area contributed by atoms with Gasteiger partial charge in [0.2, 0.25) is 11.9 Å². The molecule has 3 aromatic carbocycles. The molecule has 2 N–H and O–H groups in total. The van der Waals surface area contributed by atoms with Gasteiger partial charge < -0.3 is 27.8 Å². The number of nitrogens with one attached hydrogen (secondary N) is 2. The second kappa shape index (κ2) is 19.8. The largest absolute Gasteiger partial charge is 0.497 e. The Kier molecular flexibility index (Phi) is 14.9. The summed E-state index contributed by atoms with van der Waals surface area (Å²) >= 11 is 0. The summed E-state index contributed by atoms with van der Waals surface area (Å²) in [6.45, 7) is 12.1. The minimum Gasteiger partial charge on any atom is -0.497 e. The van der Waals surface area contributed by atoms with Crippen LogP contribution in [0.3, 0.4) is 0 Å². The van der Waals surface area contributed by atoms with Crippen LogP contribution in [0.1, 0.15) is 64.7 Å². The summed E-state index contributed by atoms with van der Waals surface area (Å²) in [5, 5.41) is 12.1. The third-order valence-electron chi connectivity index (χ3n) is 9.20. The number of aromatic nitrogens is 4. The minimum atomic E-state index is -1.74. The molecule has 0 aliphatic rings. The smallest absolute Gasteiger partial charge is 0.280 e. The predicted molar refractivity (Wildman–Crippen MR) is 220 cm³/mol. The summed E-state index contributed by atoms with van der Waals surface area (Å²) in [6, 6.07) is 27.7. The molecule has 0 spiro atoms. The Hall–Kier alpha value is -5.16. The van der Waals surface area contributed by atoms with Gasteiger partial charge in [0.15, 0.2) is 11.2 Å². The summed E-state index contributed by atoms with van der Waals surface area (Å²) in [5.41, 5.74) is 1.23. The van der Waals surface area contributed by atoms with E-state index in [0.717, 1.165) is 16.7 Å². The number of imidazole rings is 1. The lowest BCUT2D eigenvalue weighted by Gasteiger charge is -2.39. The van der Waals surface area contributed by atoms with Crippen LogP contribution in [0.15, 0.2) is 90.0 Å². The number of H-pyrrole nitrogens is 1. The number of nitrogens with zero attached hydrogens (tertiary/aromatic N) is 5. The number of hydrogen-bond acceptors (Lipinski definition) is 11. The average molecular weight is 798 g/mol. The van der Waals surface area contributed by atoms with E-state index < -0.39 is 25.8 Å². The molecule has 0 aliphatic heterocycles. The zero-order valence-electron chi connectivity index (χ0n) is 33.8. The van der Waals surface area contributed by atoms with Crippen LogP contribution in [0.4, 0.5) is 5.95 Å². The molecule has 14 nitrogen and oxygen atoms in total. The van der Waals surface area contributed by atoms with Gasteiger partial charge in [0, 0.05) is 18.0 Å². The van der Waals surface area contributed by atoms with E-state index in [9.17, 15) is 14.9 Å². The first kappa shape index (κ1) is 43.0. The van der Waals surface area contributed by atoms with Gasteiger partial charge in [-0.05, 0) is 68.7 Å². The summed E-state index contributed by atoms with van der Waals surface area (Å²) < 4.78 is 35.6. The van der Waals surface area contributed by atoms with E-state index >= 15 is 0 Å². The minimum absolute atomic E-state index is 0.0108. The first-order valence-electron chi connectivity index (χ1n) is 18.9. The number of ether oxygens (including phenoxy) is 3. The maximum Gasteiger partial charge on any atom is 0.280 e. The predicted octanol–water partition coefficient (Wildman–Crippen LogP) is 7.40. The summed E-state index contributed by atoms with van der Waals surface area (Å²) in [6.07, 6.45) is 0.976. The van der Waals surface area contributed by atoms with Gasteiger partial charge in [-0.2, -0.15) is 10.2 Å². The van der Waals surface area contributed by atoms with Crippen LogP contribution in [-0.4, -0.2) is 75.7 Å². The lowest BCUT2D eigenvalue weighted by molar-refractivity contribution is -0.118. The van der Waals surface area contributed by atoms with Gasteiger partial charge in [0.25, 0.3) is 14.1 Å². The Balaban J connectivity index is 1.66. The molecule has 0 fully saturated rings. The normalized spacial score (nSPS) is 13.0. The topological polar surface area (TPSA) is 166 Å². The van der Waals surface area contributed by atoms with E-state index in [4.69, 9.17) is 23.3 Å². The van der Waals surface area contributed by atoms with Gasteiger partial charge in [-0.25, -0.2) is 9.65 Å². The van der Waals surface area contributed by atoms with E-state index in [-0.39, 0.29) is 67.2 Å². The van der Waals surface area contributed by atoms with Crippen molar-refractivity contribution in [2.45, 2.75) is 78.3 Å². The number of anilines is 1. The van der Waals surface area contributed by atoms with Crippen molar-refractivity contribution in [3.05, 3.63) is 112 Å². The van der Waals surface area contributed by atoms with Crippen molar-refractivity contribution in [1.29, 1.82) is 5.26 Å². The van der Waals surface area contributed by atoms with Crippen molar-refractivity contribution in [3.63, 3.8) is 0 Å². The molecule has 2 atom stereocenters. The van der Waals surface area contributed by atoms with Gasteiger partial charge in [-0.3, -0.25) is 19.9 Å². The Labute approximate surface area is 335 Å². The molecule has 57 heavy (non-hydrogen) atoms. The average Bonchev–Trinajstić information content (AvgIpc) is 3.61. The molecule has 0 saturated carbocycles. The Morgan fingerprint density at radius 3 is 2.02 bits per heavy atom. The van der Waals surface area contributed by atoms with Gasteiger partial charge in [-0.15, -0.1) is 0 Å². The van der Waals surface area contributed by atoms with E-state index in [1.54, 1.807) is 32.6 Å².